The molecule has 18 heavy (non-hydrogen) atoms. The van der Waals surface area contributed by atoms with Gasteiger partial charge in [0.15, 0.2) is 0 Å². The highest BCUT2D eigenvalue weighted by Crippen LogP contribution is 2.35. The predicted octanol–water partition coefficient (Wildman–Crippen LogP) is 3.73. The molecule has 2 N–H and O–H groups in total. The summed E-state index contributed by atoms with van der Waals surface area (Å²) < 4.78 is 0. The summed E-state index contributed by atoms with van der Waals surface area (Å²) in [6, 6.07) is 0.592. The van der Waals surface area contributed by atoms with Crippen LogP contribution in [0, 0.1) is 11.3 Å². The fraction of sp³-hybridized carbons (Fsp3) is 1.00. The van der Waals surface area contributed by atoms with Crippen molar-refractivity contribution in [1.29, 1.82) is 0 Å². The summed E-state index contributed by atoms with van der Waals surface area (Å²) >= 11 is 0. The van der Waals surface area contributed by atoms with E-state index in [1.165, 1.54) is 51.4 Å². The van der Waals surface area contributed by atoms with Gasteiger partial charge in [0, 0.05) is 24.6 Å². The second kappa shape index (κ2) is 8.16. The molecule has 1 aliphatic carbocycles. The van der Waals surface area contributed by atoms with Gasteiger partial charge in [0.1, 0.15) is 0 Å². The molecule has 1 unspecified atom stereocenters. The van der Waals surface area contributed by atoms with E-state index >= 15 is 0 Å². The van der Waals surface area contributed by atoms with Crippen LogP contribution in [-0.2, 0) is 0 Å². The molecule has 1 aliphatic rings. The lowest BCUT2D eigenvalue weighted by atomic mass is 9.74. The van der Waals surface area contributed by atoms with Crippen molar-refractivity contribution in [2.75, 3.05) is 13.2 Å². The summed E-state index contributed by atoms with van der Waals surface area (Å²) in [4.78, 5) is 0. The maximum absolute atomic E-state index is 9.66. The highest BCUT2D eigenvalue weighted by molar-refractivity contribution is 4.85. The van der Waals surface area contributed by atoms with Gasteiger partial charge < -0.3 is 10.4 Å². The zero-order chi connectivity index (χ0) is 13.4. The highest BCUT2D eigenvalue weighted by atomic mass is 16.3. The molecule has 0 amide bonds. The molecule has 1 rings (SSSR count). The lowest BCUT2D eigenvalue weighted by Gasteiger charge is -2.36. The fourth-order valence-electron chi connectivity index (χ4n) is 3.02. The van der Waals surface area contributed by atoms with Crippen LogP contribution in [0.4, 0.5) is 0 Å². The van der Waals surface area contributed by atoms with E-state index in [4.69, 9.17) is 0 Å². The zero-order valence-corrected chi connectivity index (χ0v) is 12.7. The fourth-order valence-corrected chi connectivity index (χ4v) is 3.02. The van der Waals surface area contributed by atoms with E-state index in [1.807, 2.05) is 0 Å². The molecule has 1 fully saturated rings. The molecule has 108 valence electrons. The van der Waals surface area contributed by atoms with Crippen LogP contribution in [0.25, 0.3) is 0 Å². The Labute approximate surface area is 114 Å². The molecular formula is C16H33NO. The summed E-state index contributed by atoms with van der Waals surface area (Å²) in [6.45, 7) is 8.24. The number of nitrogens with one attached hydrogen (secondary N) is 1. The smallest absolute Gasteiger partial charge is 0.0499 e. The first-order valence-corrected chi connectivity index (χ1v) is 7.92. The maximum atomic E-state index is 9.66. The van der Waals surface area contributed by atoms with Crippen molar-refractivity contribution in [3.05, 3.63) is 0 Å². The third-order valence-corrected chi connectivity index (χ3v) is 4.49. The topological polar surface area (TPSA) is 32.3 Å². The molecule has 0 aromatic rings. The molecule has 0 radical (unpaired) electrons. The molecule has 0 aromatic heterocycles. The van der Waals surface area contributed by atoms with Crippen LogP contribution in [0.1, 0.15) is 72.1 Å². The Kier molecular flexibility index (Phi) is 7.25. The van der Waals surface area contributed by atoms with Crippen LogP contribution in [-0.4, -0.2) is 24.3 Å². The van der Waals surface area contributed by atoms with Crippen LogP contribution in [0.15, 0.2) is 0 Å². The minimum Gasteiger partial charge on any atom is -0.396 e. The SMILES string of the molecule is CC(C)CCCC(C)NCC1(CO)CCCCC1. The van der Waals surface area contributed by atoms with E-state index in [0.29, 0.717) is 12.6 Å². The number of aliphatic hydroxyl groups is 1. The van der Waals surface area contributed by atoms with E-state index in [-0.39, 0.29) is 5.41 Å². The van der Waals surface area contributed by atoms with Crippen molar-refractivity contribution in [2.24, 2.45) is 11.3 Å². The van der Waals surface area contributed by atoms with Gasteiger partial charge in [-0.3, -0.25) is 0 Å². The molecule has 1 saturated carbocycles. The highest BCUT2D eigenvalue weighted by Gasteiger charge is 2.31. The van der Waals surface area contributed by atoms with Crippen molar-refractivity contribution in [1.82, 2.24) is 5.32 Å². The monoisotopic (exact) mass is 255 g/mol. The number of hydrogen-bond acceptors (Lipinski definition) is 2. The molecule has 2 nitrogen and oxygen atoms in total. The van der Waals surface area contributed by atoms with Crippen molar-refractivity contribution >= 4 is 0 Å². The summed E-state index contributed by atoms with van der Waals surface area (Å²) in [5, 5.41) is 13.3. The van der Waals surface area contributed by atoms with Crippen molar-refractivity contribution < 1.29 is 5.11 Å². The normalized spacial score (nSPS) is 21.2. The van der Waals surface area contributed by atoms with Gasteiger partial charge in [-0.25, -0.2) is 0 Å². The van der Waals surface area contributed by atoms with Crippen LogP contribution in [0.5, 0.6) is 0 Å². The largest absolute Gasteiger partial charge is 0.396 e. The van der Waals surface area contributed by atoms with Crippen LogP contribution in [0.3, 0.4) is 0 Å². The first-order valence-electron chi connectivity index (χ1n) is 7.92. The Hall–Kier alpha value is -0.0800. The lowest BCUT2D eigenvalue weighted by molar-refractivity contribution is 0.0784. The Morgan fingerprint density at radius 3 is 2.28 bits per heavy atom. The van der Waals surface area contributed by atoms with Crippen molar-refractivity contribution in [3.8, 4) is 0 Å². The van der Waals surface area contributed by atoms with Gasteiger partial charge >= 0.3 is 0 Å². The molecule has 0 spiro atoms. The molecule has 0 bridgehead atoms. The first-order chi connectivity index (χ1) is 8.58. The summed E-state index contributed by atoms with van der Waals surface area (Å²) in [5.41, 5.74) is 0.185. The molecule has 2 heteroatoms. The second-order valence-corrected chi connectivity index (χ2v) is 6.83. The Morgan fingerprint density at radius 2 is 1.72 bits per heavy atom. The lowest BCUT2D eigenvalue weighted by Crippen LogP contribution is -2.42. The summed E-state index contributed by atoms with van der Waals surface area (Å²) in [5.74, 6) is 0.819. The van der Waals surface area contributed by atoms with E-state index in [0.717, 1.165) is 12.5 Å². The number of rotatable bonds is 8. The second-order valence-electron chi connectivity index (χ2n) is 6.83. The average Bonchev–Trinajstić information content (AvgIpc) is 2.37. The van der Waals surface area contributed by atoms with Gasteiger partial charge in [0.25, 0.3) is 0 Å². The van der Waals surface area contributed by atoms with Gasteiger partial charge in [-0.15, -0.1) is 0 Å². The van der Waals surface area contributed by atoms with Gasteiger partial charge in [0.05, 0.1) is 0 Å². The minimum atomic E-state index is 0.185. The van der Waals surface area contributed by atoms with Gasteiger partial charge in [-0.2, -0.15) is 0 Å². The molecule has 0 aromatic carbocycles. The summed E-state index contributed by atoms with van der Waals surface area (Å²) in [6.07, 6.45) is 10.3. The first kappa shape index (κ1) is 16.0. The van der Waals surface area contributed by atoms with Crippen molar-refractivity contribution in [3.63, 3.8) is 0 Å². The predicted molar refractivity (Wildman–Crippen MR) is 78.8 cm³/mol. The maximum Gasteiger partial charge on any atom is 0.0499 e. The standard InChI is InChI=1S/C16H33NO/c1-14(2)8-7-9-15(3)17-12-16(13-18)10-5-4-6-11-16/h14-15,17-18H,4-13H2,1-3H3. The quantitative estimate of drug-likeness (QED) is 0.692. The Morgan fingerprint density at radius 1 is 1.06 bits per heavy atom. The number of hydrogen-bond donors (Lipinski definition) is 2. The van der Waals surface area contributed by atoms with Crippen LogP contribution < -0.4 is 5.32 Å². The molecule has 1 atom stereocenters. The Balaban J connectivity index is 2.20. The number of aliphatic hydroxyl groups excluding tert-OH is 1. The zero-order valence-electron chi connectivity index (χ0n) is 12.7. The van der Waals surface area contributed by atoms with Gasteiger partial charge in [0.2, 0.25) is 0 Å². The van der Waals surface area contributed by atoms with Crippen molar-refractivity contribution in [2.45, 2.75) is 78.2 Å². The third-order valence-electron chi connectivity index (χ3n) is 4.49. The minimum absolute atomic E-state index is 0.185. The van der Waals surface area contributed by atoms with E-state index in [2.05, 4.69) is 26.1 Å². The third kappa shape index (κ3) is 5.71. The summed E-state index contributed by atoms with van der Waals surface area (Å²) in [7, 11) is 0. The van der Waals surface area contributed by atoms with Gasteiger partial charge in [-0.05, 0) is 32.1 Å². The average molecular weight is 255 g/mol. The van der Waals surface area contributed by atoms with Crippen LogP contribution >= 0.6 is 0 Å². The Bertz CT molecular complexity index is 209. The van der Waals surface area contributed by atoms with Crippen LogP contribution in [0.2, 0.25) is 0 Å². The van der Waals surface area contributed by atoms with E-state index in [9.17, 15) is 5.11 Å². The molecular weight excluding hydrogens is 222 g/mol. The molecule has 0 aliphatic heterocycles. The molecule has 0 heterocycles. The van der Waals surface area contributed by atoms with Gasteiger partial charge in [-0.1, -0.05) is 46.0 Å². The van der Waals surface area contributed by atoms with E-state index < -0.39 is 0 Å². The molecule has 0 saturated heterocycles. The van der Waals surface area contributed by atoms with E-state index in [1.54, 1.807) is 0 Å².